The van der Waals surface area contributed by atoms with Gasteiger partial charge >= 0.3 is 0 Å². The van der Waals surface area contributed by atoms with E-state index in [0.717, 1.165) is 35.2 Å². The number of carbonyl (C=O) groups is 2. The van der Waals surface area contributed by atoms with Crippen molar-refractivity contribution in [1.29, 1.82) is 0 Å². The lowest BCUT2D eigenvalue weighted by Gasteiger charge is -2.50. The van der Waals surface area contributed by atoms with Crippen LogP contribution in [0.1, 0.15) is 47.6 Å². The van der Waals surface area contributed by atoms with Crippen molar-refractivity contribution in [2.75, 3.05) is 33.4 Å². The first-order valence-electron chi connectivity index (χ1n) is 11.7. The van der Waals surface area contributed by atoms with E-state index in [0.29, 0.717) is 25.3 Å². The average molecular weight is 463 g/mol. The lowest BCUT2D eigenvalue weighted by Crippen LogP contribution is -2.56. The van der Waals surface area contributed by atoms with E-state index < -0.39 is 6.04 Å². The molecule has 0 saturated carbocycles. The monoisotopic (exact) mass is 462 g/mol. The van der Waals surface area contributed by atoms with Gasteiger partial charge in [0.15, 0.2) is 0 Å². The molecule has 0 bridgehead atoms. The zero-order valence-electron chi connectivity index (χ0n) is 19.8. The number of hydrogen-bond acceptors (Lipinski definition) is 5. The Balaban J connectivity index is 1.70. The predicted molar refractivity (Wildman–Crippen MR) is 128 cm³/mol. The van der Waals surface area contributed by atoms with Crippen LogP contribution in [0.5, 0.6) is 5.75 Å². The molecule has 5 rings (SSSR count). The third-order valence-electron chi connectivity index (χ3n) is 7.63. The van der Waals surface area contributed by atoms with E-state index in [1.165, 1.54) is 5.56 Å². The van der Waals surface area contributed by atoms with Gasteiger partial charge in [-0.3, -0.25) is 14.6 Å². The number of aliphatic hydroxyl groups is 1. The normalized spacial score (nSPS) is 19.4. The summed E-state index contributed by atoms with van der Waals surface area (Å²) in [6, 6.07) is 10.8. The third-order valence-corrected chi connectivity index (χ3v) is 7.63. The van der Waals surface area contributed by atoms with Gasteiger partial charge in [0.25, 0.3) is 5.91 Å². The number of benzene rings is 1. The Labute approximate surface area is 198 Å². The molecule has 1 spiro atoms. The minimum Gasteiger partial charge on any atom is -0.497 e. The Kier molecular flexibility index (Phi) is 5.56. The van der Waals surface area contributed by atoms with Crippen LogP contribution < -0.4 is 4.74 Å². The van der Waals surface area contributed by atoms with E-state index in [1.807, 2.05) is 24.1 Å². The Hall–Kier alpha value is -3.39. The van der Waals surface area contributed by atoms with Crippen molar-refractivity contribution in [2.45, 2.75) is 31.2 Å². The first kappa shape index (κ1) is 22.4. The standard InChI is InChI=1S/C26H30N4O4/c1-17(32)29-12-9-26(10-13-29)16-30(25(33)20-6-4-5-11-27-20)22(15-31)24-23(26)19-8-7-18(34-3)14-21(19)28(24)2/h4-8,11,14,22,31H,9-10,12-13,15-16H2,1-3H3/t22-/m0/s1. The molecule has 2 aromatic heterocycles. The minimum atomic E-state index is -0.496. The van der Waals surface area contributed by atoms with Crippen molar-refractivity contribution in [3.8, 4) is 5.75 Å². The number of amides is 2. The van der Waals surface area contributed by atoms with E-state index in [1.54, 1.807) is 43.3 Å². The summed E-state index contributed by atoms with van der Waals surface area (Å²) >= 11 is 0. The molecule has 0 aliphatic carbocycles. The van der Waals surface area contributed by atoms with Crippen LogP contribution in [0.4, 0.5) is 0 Å². The summed E-state index contributed by atoms with van der Waals surface area (Å²) < 4.78 is 7.57. The fourth-order valence-corrected chi connectivity index (χ4v) is 5.87. The fourth-order valence-electron chi connectivity index (χ4n) is 5.87. The van der Waals surface area contributed by atoms with Gasteiger partial charge < -0.3 is 24.2 Å². The number of carbonyl (C=O) groups excluding carboxylic acids is 2. The highest BCUT2D eigenvalue weighted by molar-refractivity contribution is 5.94. The van der Waals surface area contributed by atoms with Crippen LogP contribution in [0.3, 0.4) is 0 Å². The summed E-state index contributed by atoms with van der Waals surface area (Å²) in [5.74, 6) is 0.637. The SMILES string of the molecule is COc1ccc2c3c(n(C)c2c1)[C@H](CO)N(C(=O)c1ccccn1)CC31CCN(C(C)=O)CC1. The van der Waals surface area contributed by atoms with Gasteiger partial charge in [0.1, 0.15) is 11.4 Å². The van der Waals surface area contributed by atoms with E-state index >= 15 is 0 Å². The molecule has 1 atom stereocenters. The van der Waals surface area contributed by atoms with Gasteiger partial charge in [-0.2, -0.15) is 0 Å². The number of fused-ring (bicyclic) bond motifs is 4. The molecule has 1 N–H and O–H groups in total. The van der Waals surface area contributed by atoms with Crippen LogP contribution >= 0.6 is 0 Å². The Morgan fingerprint density at radius 1 is 1.21 bits per heavy atom. The summed E-state index contributed by atoms with van der Waals surface area (Å²) in [5.41, 5.74) is 3.16. The van der Waals surface area contributed by atoms with E-state index in [-0.39, 0.29) is 23.8 Å². The number of aryl methyl sites for hydroxylation is 1. The summed E-state index contributed by atoms with van der Waals surface area (Å²) in [6.07, 6.45) is 3.10. The molecule has 2 aliphatic rings. The second kappa shape index (κ2) is 8.43. The van der Waals surface area contributed by atoms with Gasteiger partial charge in [0.05, 0.1) is 25.3 Å². The van der Waals surface area contributed by atoms with Gasteiger partial charge in [0, 0.05) is 62.4 Å². The average Bonchev–Trinajstić information content (AvgIpc) is 3.17. The molecular weight excluding hydrogens is 432 g/mol. The number of nitrogens with zero attached hydrogens (tertiary/aromatic N) is 4. The van der Waals surface area contributed by atoms with E-state index in [9.17, 15) is 14.7 Å². The number of aromatic nitrogens is 2. The molecule has 178 valence electrons. The molecule has 8 heteroatoms. The van der Waals surface area contributed by atoms with Crippen LogP contribution in [0.25, 0.3) is 10.9 Å². The lowest BCUT2D eigenvalue weighted by molar-refractivity contribution is -0.130. The summed E-state index contributed by atoms with van der Waals surface area (Å²) in [6.45, 7) is 3.15. The van der Waals surface area contributed by atoms with E-state index in [2.05, 4.69) is 15.6 Å². The maximum atomic E-state index is 13.7. The number of aliphatic hydroxyl groups excluding tert-OH is 1. The zero-order valence-corrected chi connectivity index (χ0v) is 19.8. The molecule has 2 amide bonds. The molecule has 1 aromatic carbocycles. The van der Waals surface area contributed by atoms with Crippen LogP contribution in [0, 0.1) is 0 Å². The molecule has 8 nitrogen and oxygen atoms in total. The number of likely N-dealkylation sites (tertiary alicyclic amines) is 1. The van der Waals surface area contributed by atoms with Gasteiger partial charge in [0.2, 0.25) is 5.91 Å². The fraction of sp³-hybridized carbons (Fsp3) is 0.423. The molecule has 34 heavy (non-hydrogen) atoms. The number of methoxy groups -OCH3 is 1. The Morgan fingerprint density at radius 2 is 1.97 bits per heavy atom. The summed E-state index contributed by atoms with van der Waals surface area (Å²) in [4.78, 5) is 33.7. The first-order valence-corrected chi connectivity index (χ1v) is 11.7. The van der Waals surface area contributed by atoms with Gasteiger partial charge in [-0.1, -0.05) is 6.07 Å². The molecule has 0 unspecified atom stereocenters. The number of pyridine rings is 1. The Morgan fingerprint density at radius 3 is 2.59 bits per heavy atom. The maximum absolute atomic E-state index is 13.7. The maximum Gasteiger partial charge on any atom is 0.273 e. The smallest absolute Gasteiger partial charge is 0.273 e. The Bertz CT molecular complexity index is 1240. The molecule has 3 aromatic rings. The second-order valence-corrected chi connectivity index (χ2v) is 9.34. The minimum absolute atomic E-state index is 0.0724. The molecule has 0 radical (unpaired) electrons. The number of piperidine rings is 1. The molecule has 4 heterocycles. The molecule has 2 aliphatic heterocycles. The third kappa shape index (κ3) is 3.36. The summed E-state index contributed by atoms with van der Waals surface area (Å²) in [5, 5.41) is 11.7. The largest absolute Gasteiger partial charge is 0.497 e. The topological polar surface area (TPSA) is 87.9 Å². The van der Waals surface area contributed by atoms with Gasteiger partial charge in [-0.25, -0.2) is 0 Å². The van der Waals surface area contributed by atoms with Crippen LogP contribution in [0.15, 0.2) is 42.6 Å². The number of ether oxygens (including phenoxy) is 1. The highest BCUT2D eigenvalue weighted by Crippen LogP contribution is 2.50. The highest BCUT2D eigenvalue weighted by Gasteiger charge is 2.49. The lowest BCUT2D eigenvalue weighted by atomic mass is 9.68. The van der Waals surface area contributed by atoms with Crippen molar-refractivity contribution in [3.63, 3.8) is 0 Å². The van der Waals surface area contributed by atoms with Crippen LogP contribution in [-0.4, -0.2) is 69.6 Å². The van der Waals surface area contributed by atoms with Crippen molar-refractivity contribution in [2.24, 2.45) is 7.05 Å². The number of hydrogen-bond donors (Lipinski definition) is 1. The summed E-state index contributed by atoms with van der Waals surface area (Å²) in [7, 11) is 3.63. The molecule has 1 saturated heterocycles. The van der Waals surface area contributed by atoms with Gasteiger partial charge in [-0.05, 0) is 42.7 Å². The molecule has 1 fully saturated rings. The first-order chi connectivity index (χ1) is 16.4. The van der Waals surface area contributed by atoms with Crippen molar-refractivity contribution < 1.29 is 19.4 Å². The highest BCUT2D eigenvalue weighted by atomic mass is 16.5. The van der Waals surface area contributed by atoms with Crippen LogP contribution in [0.2, 0.25) is 0 Å². The van der Waals surface area contributed by atoms with Crippen molar-refractivity contribution >= 4 is 22.7 Å². The number of rotatable bonds is 3. The van der Waals surface area contributed by atoms with Crippen LogP contribution in [-0.2, 0) is 17.3 Å². The van der Waals surface area contributed by atoms with Crippen molar-refractivity contribution in [1.82, 2.24) is 19.4 Å². The van der Waals surface area contributed by atoms with E-state index in [4.69, 9.17) is 4.74 Å². The van der Waals surface area contributed by atoms with Gasteiger partial charge in [-0.15, -0.1) is 0 Å². The zero-order chi connectivity index (χ0) is 24.0. The second-order valence-electron chi connectivity index (χ2n) is 9.34. The molecular formula is C26H30N4O4. The van der Waals surface area contributed by atoms with Crippen molar-refractivity contribution in [3.05, 3.63) is 59.5 Å². The quantitative estimate of drug-likeness (QED) is 0.647. The predicted octanol–water partition coefficient (Wildman–Crippen LogP) is 2.65.